The number of alkyl halides is 3. The highest BCUT2D eigenvalue weighted by Gasteiger charge is 2.48. The van der Waals surface area contributed by atoms with Crippen LogP contribution in [-0.2, 0) is 4.79 Å². The minimum Gasteiger partial charge on any atom is -0.497 e. The lowest BCUT2D eigenvalue weighted by molar-refractivity contribution is -0.108. The third kappa shape index (κ3) is 6.47. The van der Waals surface area contributed by atoms with E-state index in [1.807, 2.05) is 4.90 Å². The van der Waals surface area contributed by atoms with E-state index in [0.29, 0.717) is 54.6 Å². The number of hydrazone groups is 1. The van der Waals surface area contributed by atoms with Crippen LogP contribution >= 0.6 is 0 Å². The van der Waals surface area contributed by atoms with E-state index in [1.165, 1.54) is 18.0 Å². The summed E-state index contributed by atoms with van der Waals surface area (Å²) in [6, 6.07) is 10.8. The fourth-order valence-electron chi connectivity index (χ4n) is 5.57. The van der Waals surface area contributed by atoms with E-state index in [4.69, 9.17) is 9.47 Å². The van der Waals surface area contributed by atoms with E-state index >= 15 is 0 Å². The number of ether oxygens (including phenoxy) is 2. The van der Waals surface area contributed by atoms with Gasteiger partial charge in [0.25, 0.3) is 0 Å². The Balaban J connectivity index is 1.50. The number of anilines is 2. The summed E-state index contributed by atoms with van der Waals surface area (Å²) in [6.45, 7) is 6.95. The van der Waals surface area contributed by atoms with Gasteiger partial charge in [0.15, 0.2) is 0 Å². The minimum absolute atomic E-state index is 0.0637. The van der Waals surface area contributed by atoms with Gasteiger partial charge in [0.2, 0.25) is 0 Å². The molecule has 10 heteroatoms. The zero-order chi connectivity index (χ0) is 28.3. The van der Waals surface area contributed by atoms with E-state index in [0.717, 1.165) is 6.42 Å². The van der Waals surface area contributed by atoms with E-state index < -0.39 is 23.8 Å². The summed E-state index contributed by atoms with van der Waals surface area (Å²) in [5.74, 6) is 0.514. The third-order valence-electron chi connectivity index (χ3n) is 7.49. The molecule has 0 amide bonds. The van der Waals surface area contributed by atoms with E-state index in [9.17, 15) is 22.4 Å². The average molecular weight is 550 g/mol. The number of carbonyl (C=O) groups excluding carboxylic acids is 1. The van der Waals surface area contributed by atoms with Crippen LogP contribution in [0.1, 0.15) is 40.0 Å². The predicted octanol–water partition coefficient (Wildman–Crippen LogP) is 6.49. The second kappa shape index (κ2) is 11.8. The molecule has 2 aliphatic heterocycles. The lowest BCUT2D eigenvalue weighted by Crippen LogP contribution is -2.46. The lowest BCUT2D eigenvalue weighted by Gasteiger charge is -2.40. The Bertz CT molecular complexity index is 1170. The van der Waals surface area contributed by atoms with Crippen molar-refractivity contribution in [2.75, 3.05) is 30.1 Å². The molecular weight excluding hydrogens is 514 g/mol. The van der Waals surface area contributed by atoms with Crippen molar-refractivity contribution >= 4 is 23.4 Å². The van der Waals surface area contributed by atoms with Crippen molar-refractivity contribution in [2.45, 2.75) is 58.4 Å². The maximum Gasteiger partial charge on any atom is 0.431 e. The molecular formula is C29H35F4N3O3. The van der Waals surface area contributed by atoms with Gasteiger partial charge >= 0.3 is 6.18 Å². The first-order valence-corrected chi connectivity index (χ1v) is 13.3. The average Bonchev–Trinajstić information content (AvgIpc) is 3.22. The smallest absolute Gasteiger partial charge is 0.431 e. The van der Waals surface area contributed by atoms with Crippen LogP contribution < -0.4 is 19.4 Å². The molecule has 2 aromatic carbocycles. The number of carbonyl (C=O) groups is 1. The van der Waals surface area contributed by atoms with Gasteiger partial charge in [-0.2, -0.15) is 18.3 Å². The third-order valence-corrected chi connectivity index (χ3v) is 7.49. The van der Waals surface area contributed by atoms with Crippen LogP contribution in [0.5, 0.6) is 11.5 Å². The van der Waals surface area contributed by atoms with Crippen molar-refractivity contribution in [1.82, 2.24) is 0 Å². The molecule has 2 heterocycles. The van der Waals surface area contributed by atoms with Gasteiger partial charge in [-0.15, -0.1) is 0 Å². The molecule has 2 aromatic rings. The van der Waals surface area contributed by atoms with E-state index in [-0.39, 0.29) is 24.3 Å². The topological polar surface area (TPSA) is 54.4 Å². The van der Waals surface area contributed by atoms with Crippen LogP contribution in [0.15, 0.2) is 47.6 Å². The van der Waals surface area contributed by atoms with Crippen molar-refractivity contribution in [3.63, 3.8) is 0 Å². The SMILES string of the molecule is COc1ccc(F)c(N2CCC(Oc3ccc(N4N=C(C(F)(F)F)C(C)C4CC=O)cc3)C(CC(C)C)C2)c1. The van der Waals surface area contributed by atoms with Gasteiger partial charge in [-0.05, 0) is 48.7 Å². The molecule has 0 aromatic heterocycles. The Morgan fingerprint density at radius 2 is 1.82 bits per heavy atom. The summed E-state index contributed by atoms with van der Waals surface area (Å²) in [5.41, 5.74) is 0.0854. The van der Waals surface area contributed by atoms with Crippen LogP contribution in [0.3, 0.4) is 0 Å². The number of rotatable bonds is 9. The number of piperidine rings is 1. The Morgan fingerprint density at radius 1 is 1.13 bits per heavy atom. The molecule has 0 spiro atoms. The second-order valence-corrected chi connectivity index (χ2v) is 10.7. The first kappa shape index (κ1) is 28.7. The maximum atomic E-state index is 14.7. The van der Waals surface area contributed by atoms with Gasteiger partial charge in [-0.1, -0.05) is 20.8 Å². The molecule has 4 unspecified atom stereocenters. The molecule has 4 atom stereocenters. The quantitative estimate of drug-likeness (QED) is 0.265. The maximum absolute atomic E-state index is 14.7. The summed E-state index contributed by atoms with van der Waals surface area (Å²) in [6.07, 6.45) is -2.54. The van der Waals surface area contributed by atoms with Crippen molar-refractivity contribution in [3.8, 4) is 11.5 Å². The van der Waals surface area contributed by atoms with Crippen molar-refractivity contribution < 1.29 is 31.8 Å². The van der Waals surface area contributed by atoms with Crippen LogP contribution in [-0.4, -0.2) is 50.5 Å². The molecule has 1 fully saturated rings. The normalized spacial score (nSPS) is 23.7. The van der Waals surface area contributed by atoms with Crippen molar-refractivity contribution in [2.24, 2.45) is 22.9 Å². The molecule has 0 radical (unpaired) electrons. The van der Waals surface area contributed by atoms with Crippen LogP contribution in [0.4, 0.5) is 28.9 Å². The summed E-state index contributed by atoms with van der Waals surface area (Å²) >= 11 is 0. The molecule has 2 aliphatic rings. The van der Waals surface area contributed by atoms with Gasteiger partial charge in [0, 0.05) is 43.8 Å². The Morgan fingerprint density at radius 3 is 2.44 bits per heavy atom. The van der Waals surface area contributed by atoms with E-state index in [1.54, 1.807) is 43.5 Å². The van der Waals surface area contributed by atoms with Gasteiger partial charge in [0.1, 0.15) is 35.4 Å². The summed E-state index contributed by atoms with van der Waals surface area (Å²) in [7, 11) is 1.55. The van der Waals surface area contributed by atoms with Crippen LogP contribution in [0, 0.1) is 23.6 Å². The Labute approximate surface area is 226 Å². The minimum atomic E-state index is -4.56. The van der Waals surface area contributed by atoms with Crippen molar-refractivity contribution in [3.05, 3.63) is 48.3 Å². The highest BCUT2D eigenvalue weighted by atomic mass is 19.4. The summed E-state index contributed by atoms with van der Waals surface area (Å²) < 4.78 is 66.7. The van der Waals surface area contributed by atoms with Crippen LogP contribution in [0.2, 0.25) is 0 Å². The largest absolute Gasteiger partial charge is 0.497 e. The van der Waals surface area contributed by atoms with E-state index in [2.05, 4.69) is 18.9 Å². The highest BCUT2D eigenvalue weighted by Crippen LogP contribution is 2.37. The monoisotopic (exact) mass is 549 g/mol. The highest BCUT2D eigenvalue weighted by molar-refractivity contribution is 5.95. The van der Waals surface area contributed by atoms with Gasteiger partial charge in [0.05, 0.1) is 24.5 Å². The molecule has 212 valence electrons. The number of aldehydes is 1. The molecule has 0 saturated carbocycles. The molecule has 0 N–H and O–H groups in total. The first-order chi connectivity index (χ1) is 18.5. The Kier molecular flexibility index (Phi) is 8.71. The number of methoxy groups -OCH3 is 1. The number of hydrogen-bond donors (Lipinski definition) is 0. The number of hydrogen-bond acceptors (Lipinski definition) is 6. The van der Waals surface area contributed by atoms with Gasteiger partial charge in [-0.3, -0.25) is 5.01 Å². The first-order valence-electron chi connectivity index (χ1n) is 13.3. The summed E-state index contributed by atoms with van der Waals surface area (Å²) in [4.78, 5) is 13.2. The second-order valence-electron chi connectivity index (χ2n) is 10.7. The molecule has 4 rings (SSSR count). The zero-order valence-corrected chi connectivity index (χ0v) is 22.6. The molecule has 0 aliphatic carbocycles. The number of benzene rings is 2. The standard InChI is InChI=1S/C29H35F4N3O3/c1-18(2)15-20-17-35(26-16-23(38-4)9-10-24(26)30)13-11-27(20)39-22-7-5-21(6-8-22)36-25(12-14-37)19(3)28(34-36)29(31,32)33/h5-10,14,16,18-20,25,27H,11-13,15,17H2,1-4H3. The molecule has 6 nitrogen and oxygen atoms in total. The predicted molar refractivity (Wildman–Crippen MR) is 143 cm³/mol. The van der Waals surface area contributed by atoms with Crippen LogP contribution in [0.25, 0.3) is 0 Å². The summed E-state index contributed by atoms with van der Waals surface area (Å²) in [5, 5.41) is 5.12. The number of nitrogens with zero attached hydrogens (tertiary/aromatic N) is 3. The molecule has 0 bridgehead atoms. The fourth-order valence-corrected chi connectivity index (χ4v) is 5.57. The molecule has 39 heavy (non-hydrogen) atoms. The fraction of sp³-hybridized carbons (Fsp3) is 0.517. The van der Waals surface area contributed by atoms with Gasteiger partial charge < -0.3 is 19.2 Å². The van der Waals surface area contributed by atoms with Gasteiger partial charge in [-0.25, -0.2) is 4.39 Å². The zero-order valence-electron chi connectivity index (χ0n) is 22.6. The lowest BCUT2D eigenvalue weighted by atomic mass is 9.86. The molecule has 1 saturated heterocycles. The number of halogens is 4. The van der Waals surface area contributed by atoms with Crippen molar-refractivity contribution in [1.29, 1.82) is 0 Å². The Hall–Kier alpha value is -3.30.